The smallest absolute Gasteiger partial charge is 0.251 e. The van der Waals surface area contributed by atoms with Gasteiger partial charge < -0.3 is 21.1 Å². The number of rotatable bonds is 6. The van der Waals surface area contributed by atoms with Crippen LogP contribution in [0.2, 0.25) is 0 Å². The number of hydrogen-bond donors (Lipinski definition) is 3. The molecule has 0 saturated carbocycles. The molecule has 28 heavy (non-hydrogen) atoms. The van der Waals surface area contributed by atoms with Crippen LogP contribution in [-0.4, -0.2) is 31.6 Å². The summed E-state index contributed by atoms with van der Waals surface area (Å²) in [4.78, 5) is 24.9. The van der Waals surface area contributed by atoms with E-state index in [1.54, 1.807) is 36.4 Å². The molecule has 6 nitrogen and oxygen atoms in total. The topological polar surface area (TPSA) is 93.5 Å². The highest BCUT2D eigenvalue weighted by Gasteiger charge is 2.38. The van der Waals surface area contributed by atoms with Gasteiger partial charge in [0.15, 0.2) is 0 Å². The maximum Gasteiger partial charge on any atom is 0.251 e. The van der Waals surface area contributed by atoms with Crippen molar-refractivity contribution in [3.8, 4) is 0 Å². The van der Waals surface area contributed by atoms with Gasteiger partial charge in [0.2, 0.25) is 5.91 Å². The number of amides is 2. The van der Waals surface area contributed by atoms with Gasteiger partial charge in [-0.05, 0) is 54.8 Å². The number of hydrogen-bond acceptors (Lipinski definition) is 4. The minimum atomic E-state index is -0.608. The summed E-state index contributed by atoms with van der Waals surface area (Å²) < 4.78 is 18.2. The van der Waals surface area contributed by atoms with E-state index in [1.807, 2.05) is 0 Å². The van der Waals surface area contributed by atoms with E-state index in [4.69, 9.17) is 10.5 Å². The fourth-order valence-corrected chi connectivity index (χ4v) is 3.14. The number of nitrogens with two attached hydrogens (primary N) is 1. The summed E-state index contributed by atoms with van der Waals surface area (Å²) in [5, 5.41) is 5.67. The summed E-state index contributed by atoms with van der Waals surface area (Å²) >= 11 is 0. The molecule has 0 aliphatic carbocycles. The molecule has 3 rings (SSSR count). The highest BCUT2D eigenvalue weighted by atomic mass is 19.1. The summed E-state index contributed by atoms with van der Waals surface area (Å²) in [5.74, 6) is -0.679. The van der Waals surface area contributed by atoms with Gasteiger partial charge in [-0.25, -0.2) is 4.39 Å². The molecular formula is C21H24FN3O3. The summed E-state index contributed by atoms with van der Waals surface area (Å²) in [6.07, 6.45) is 1.19. The van der Waals surface area contributed by atoms with Gasteiger partial charge in [-0.2, -0.15) is 0 Å². The minimum Gasteiger partial charge on any atom is -0.381 e. The lowest BCUT2D eigenvalue weighted by molar-refractivity contribution is -0.130. The molecule has 2 aromatic carbocycles. The Balaban J connectivity index is 1.57. The number of ether oxygens (including phenoxy) is 1. The molecule has 4 N–H and O–H groups in total. The fourth-order valence-electron chi connectivity index (χ4n) is 3.14. The van der Waals surface area contributed by atoms with Crippen molar-refractivity contribution < 1.29 is 18.7 Å². The van der Waals surface area contributed by atoms with E-state index in [1.165, 1.54) is 12.1 Å². The Morgan fingerprint density at radius 3 is 2.29 bits per heavy atom. The quantitative estimate of drug-likeness (QED) is 0.712. The van der Waals surface area contributed by atoms with Gasteiger partial charge in [0.1, 0.15) is 5.82 Å². The maximum atomic E-state index is 12.9. The third-order valence-corrected chi connectivity index (χ3v) is 5.09. The molecule has 1 heterocycles. The summed E-state index contributed by atoms with van der Waals surface area (Å²) in [6, 6.07) is 12.6. The SMILES string of the molecule is NCC1(C(=O)Nc2ccc(C(=O)NCc3ccc(F)cc3)cc2)CCOCC1. The molecule has 1 aliphatic heterocycles. The van der Waals surface area contributed by atoms with E-state index >= 15 is 0 Å². The van der Waals surface area contributed by atoms with Crippen LogP contribution in [0.5, 0.6) is 0 Å². The molecule has 0 spiro atoms. The van der Waals surface area contributed by atoms with Crippen molar-refractivity contribution in [2.75, 3.05) is 25.1 Å². The zero-order valence-electron chi connectivity index (χ0n) is 15.5. The summed E-state index contributed by atoms with van der Waals surface area (Å²) in [7, 11) is 0. The van der Waals surface area contributed by atoms with Gasteiger partial charge in [0.25, 0.3) is 5.91 Å². The van der Waals surface area contributed by atoms with Crippen LogP contribution in [0.25, 0.3) is 0 Å². The third-order valence-electron chi connectivity index (χ3n) is 5.09. The molecule has 1 aliphatic rings. The van der Waals surface area contributed by atoms with E-state index < -0.39 is 5.41 Å². The van der Waals surface area contributed by atoms with Crippen molar-refractivity contribution in [2.45, 2.75) is 19.4 Å². The first-order valence-corrected chi connectivity index (χ1v) is 9.24. The Morgan fingerprint density at radius 2 is 1.68 bits per heavy atom. The Morgan fingerprint density at radius 1 is 1.04 bits per heavy atom. The number of anilines is 1. The molecule has 0 atom stereocenters. The van der Waals surface area contributed by atoms with Crippen LogP contribution in [0.1, 0.15) is 28.8 Å². The van der Waals surface area contributed by atoms with Gasteiger partial charge in [0.05, 0.1) is 5.41 Å². The lowest BCUT2D eigenvalue weighted by Gasteiger charge is -2.34. The molecule has 0 aromatic heterocycles. The number of carbonyl (C=O) groups is 2. The highest BCUT2D eigenvalue weighted by Crippen LogP contribution is 2.30. The Hall–Kier alpha value is -2.77. The first kappa shape index (κ1) is 20.0. The second-order valence-corrected chi connectivity index (χ2v) is 6.94. The fraction of sp³-hybridized carbons (Fsp3) is 0.333. The summed E-state index contributed by atoms with van der Waals surface area (Å²) in [5.41, 5.74) is 7.14. The Bertz CT molecular complexity index is 816. The van der Waals surface area contributed by atoms with Crippen molar-refractivity contribution in [3.63, 3.8) is 0 Å². The van der Waals surface area contributed by atoms with Crippen molar-refractivity contribution in [2.24, 2.45) is 11.1 Å². The summed E-state index contributed by atoms with van der Waals surface area (Å²) in [6.45, 7) is 1.63. The van der Waals surface area contributed by atoms with Crippen molar-refractivity contribution in [3.05, 3.63) is 65.5 Å². The normalized spacial score (nSPS) is 15.6. The van der Waals surface area contributed by atoms with Gasteiger partial charge in [0, 0.05) is 37.6 Å². The largest absolute Gasteiger partial charge is 0.381 e. The van der Waals surface area contributed by atoms with Crippen LogP contribution < -0.4 is 16.4 Å². The van der Waals surface area contributed by atoms with Gasteiger partial charge >= 0.3 is 0 Å². The molecule has 0 unspecified atom stereocenters. The van der Waals surface area contributed by atoms with E-state index in [9.17, 15) is 14.0 Å². The first-order valence-electron chi connectivity index (χ1n) is 9.24. The lowest BCUT2D eigenvalue weighted by Crippen LogP contribution is -2.46. The van der Waals surface area contributed by atoms with Crippen LogP contribution in [0.4, 0.5) is 10.1 Å². The Labute approximate surface area is 163 Å². The second kappa shape index (κ2) is 8.95. The zero-order chi connectivity index (χ0) is 20.0. The van der Waals surface area contributed by atoms with Gasteiger partial charge in [-0.15, -0.1) is 0 Å². The molecular weight excluding hydrogens is 361 g/mol. The standard InChI is InChI=1S/C21H24FN3O3/c22-17-5-1-15(2-6-17)13-24-19(26)16-3-7-18(8-4-16)25-20(27)21(14-23)9-11-28-12-10-21/h1-8H,9-14,23H2,(H,24,26)(H,25,27). The highest BCUT2D eigenvalue weighted by molar-refractivity contribution is 5.97. The van der Waals surface area contributed by atoms with Crippen LogP contribution >= 0.6 is 0 Å². The monoisotopic (exact) mass is 385 g/mol. The van der Waals surface area contributed by atoms with E-state index in [-0.39, 0.29) is 24.2 Å². The van der Waals surface area contributed by atoms with Crippen molar-refractivity contribution >= 4 is 17.5 Å². The van der Waals surface area contributed by atoms with Crippen LogP contribution in [-0.2, 0) is 16.1 Å². The average molecular weight is 385 g/mol. The molecule has 7 heteroatoms. The zero-order valence-corrected chi connectivity index (χ0v) is 15.5. The van der Waals surface area contributed by atoms with Crippen LogP contribution in [0, 0.1) is 11.2 Å². The predicted octanol–water partition coefficient (Wildman–Crippen LogP) is 2.45. The molecule has 0 radical (unpaired) electrons. The van der Waals surface area contributed by atoms with Gasteiger partial charge in [-0.3, -0.25) is 9.59 Å². The molecule has 148 valence electrons. The van der Waals surface area contributed by atoms with Gasteiger partial charge in [-0.1, -0.05) is 12.1 Å². The maximum absolute atomic E-state index is 12.9. The average Bonchev–Trinajstić information content (AvgIpc) is 2.74. The van der Waals surface area contributed by atoms with Crippen LogP contribution in [0.3, 0.4) is 0 Å². The second-order valence-electron chi connectivity index (χ2n) is 6.94. The van der Waals surface area contributed by atoms with Crippen molar-refractivity contribution in [1.82, 2.24) is 5.32 Å². The van der Waals surface area contributed by atoms with E-state index in [2.05, 4.69) is 10.6 Å². The number of carbonyl (C=O) groups excluding carboxylic acids is 2. The molecule has 0 bridgehead atoms. The number of benzene rings is 2. The molecule has 1 saturated heterocycles. The van der Waals surface area contributed by atoms with Crippen molar-refractivity contribution in [1.29, 1.82) is 0 Å². The predicted molar refractivity (Wildman–Crippen MR) is 104 cm³/mol. The molecule has 2 amide bonds. The molecule has 1 fully saturated rings. The van der Waals surface area contributed by atoms with Crippen LogP contribution in [0.15, 0.2) is 48.5 Å². The first-order chi connectivity index (χ1) is 13.5. The third kappa shape index (κ3) is 4.74. The van der Waals surface area contributed by atoms with E-state index in [0.717, 1.165) is 5.56 Å². The number of nitrogens with one attached hydrogen (secondary N) is 2. The number of halogens is 1. The molecule has 2 aromatic rings. The van der Waals surface area contributed by atoms with E-state index in [0.29, 0.717) is 43.9 Å². The Kier molecular flexibility index (Phi) is 6.38. The minimum absolute atomic E-state index is 0.119. The lowest BCUT2D eigenvalue weighted by atomic mass is 9.79.